The van der Waals surface area contributed by atoms with Crippen LogP contribution in [0.3, 0.4) is 0 Å². The molecule has 0 bridgehead atoms. The van der Waals surface area contributed by atoms with Crippen LogP contribution in [0.1, 0.15) is 258 Å². The Bertz CT molecular complexity index is 1600. The Balaban J connectivity index is 4.21. The lowest BCUT2D eigenvalue weighted by molar-refractivity contribution is -0.870. The molecule has 0 rings (SSSR count). The van der Waals surface area contributed by atoms with E-state index in [1.807, 2.05) is 27.2 Å². The van der Waals surface area contributed by atoms with Gasteiger partial charge in [0.05, 0.1) is 39.9 Å². The smallest absolute Gasteiger partial charge is 0.268 e. The van der Waals surface area contributed by atoms with Gasteiger partial charge in [-0.3, -0.25) is 9.36 Å². The molecule has 0 fully saturated rings. The first kappa shape index (κ1) is 73.2. The molecule has 0 aromatic carbocycles. The van der Waals surface area contributed by atoms with Gasteiger partial charge in [0.2, 0.25) is 5.91 Å². The molecule has 0 radical (unpaired) electrons. The Morgan fingerprint density at radius 3 is 1.17 bits per heavy atom. The van der Waals surface area contributed by atoms with Crippen molar-refractivity contribution in [2.75, 3.05) is 40.9 Å². The molecule has 3 atom stereocenters. The third kappa shape index (κ3) is 58.8. The molecular weight excluding hydrogens is 960 g/mol. The van der Waals surface area contributed by atoms with Crippen molar-refractivity contribution in [3.05, 3.63) is 109 Å². The monoisotopic (exact) mass is 1080 g/mol. The van der Waals surface area contributed by atoms with Crippen LogP contribution in [0.15, 0.2) is 109 Å². The number of allylic oxidation sites excluding steroid dienone is 17. The summed E-state index contributed by atoms with van der Waals surface area (Å²) in [5, 5.41) is 13.9. The van der Waals surface area contributed by atoms with E-state index < -0.39 is 20.0 Å². The SMILES string of the molecule is CC/C=C\C/C=C\C/C=C\C/C=C\C/C=C\C/C=C\C/C=C\C/C=C\CCCCCCCCCCC(=O)NC(COP(=O)([O-])OCC[N+](C)(C)C)C(O)/C=C/CCCCCCCCCCCCCCCCCCCCC. The topological polar surface area (TPSA) is 108 Å². The second-order valence-corrected chi connectivity index (χ2v) is 23.4. The number of rotatable bonds is 56. The first-order valence-corrected chi connectivity index (χ1v) is 32.7. The summed E-state index contributed by atoms with van der Waals surface area (Å²) in [6.45, 7) is 4.54. The fourth-order valence-electron chi connectivity index (χ4n) is 8.64. The van der Waals surface area contributed by atoms with Gasteiger partial charge in [-0.05, 0) is 83.5 Å². The number of carbonyl (C=O) groups is 1. The minimum absolute atomic E-state index is 0.00765. The number of likely N-dealkylation sites (N-methyl/N-ethyl adjacent to an activating group) is 1. The summed E-state index contributed by atoms with van der Waals surface area (Å²) in [7, 11) is 1.25. The van der Waals surface area contributed by atoms with Gasteiger partial charge in [-0.2, -0.15) is 0 Å². The highest BCUT2D eigenvalue weighted by atomic mass is 31.2. The maximum absolute atomic E-state index is 13.0. The molecule has 0 aromatic rings. The molecule has 0 aromatic heterocycles. The summed E-state index contributed by atoms with van der Waals surface area (Å²) in [5.74, 6) is -0.208. The number of nitrogens with one attached hydrogen (secondary N) is 1. The molecule has 3 unspecified atom stereocenters. The lowest BCUT2D eigenvalue weighted by Gasteiger charge is -2.29. The van der Waals surface area contributed by atoms with Crippen LogP contribution in [0, 0.1) is 0 Å². The quantitative estimate of drug-likeness (QED) is 0.0272. The average Bonchev–Trinajstić information content (AvgIpc) is 3.38. The summed E-state index contributed by atoms with van der Waals surface area (Å²) < 4.78 is 23.4. The highest BCUT2D eigenvalue weighted by Crippen LogP contribution is 2.38. The van der Waals surface area contributed by atoms with E-state index in [1.165, 1.54) is 135 Å². The van der Waals surface area contributed by atoms with Crippen molar-refractivity contribution in [3.8, 4) is 0 Å². The highest BCUT2D eigenvalue weighted by Gasteiger charge is 2.23. The van der Waals surface area contributed by atoms with E-state index in [4.69, 9.17) is 9.05 Å². The third-order valence-electron chi connectivity index (χ3n) is 13.5. The van der Waals surface area contributed by atoms with Crippen LogP contribution >= 0.6 is 7.82 Å². The number of carbonyl (C=O) groups excluding carboxylic acids is 1. The number of phosphoric ester groups is 1. The fraction of sp³-hybridized carbons (Fsp3) is 0.716. The molecular formula is C67H119N2O6P. The van der Waals surface area contributed by atoms with E-state index >= 15 is 0 Å². The standard InChI is InChI=1S/C67H119N2O6P/c1-6-8-10-12-14-16-18-20-22-24-26-28-29-30-31-32-33-34-35-36-37-38-39-41-43-45-47-49-51-53-55-57-59-61-67(71)68-65(64-75-76(72,73)74-63-62-69(3,4)5)66(70)60-58-56-54-52-50-48-46-44-42-40-27-25-23-21-19-17-15-13-11-9-7-2/h8,10,14,16,20,22,26,28,30-31,33-34,36-37,39,41,58,60,65-66,70H,6-7,9,11-13,15,17-19,21,23-25,27,29,32,35,38,40,42-57,59,61-64H2,1-5H3,(H-,68,71,72,73)/b10-8-,16-14-,22-20-,28-26-,31-30-,34-33-,37-36-,41-39-,60-58+. The number of phosphoric acid groups is 1. The fourth-order valence-corrected chi connectivity index (χ4v) is 9.36. The number of unbranched alkanes of at least 4 members (excludes halogenated alkanes) is 27. The molecule has 9 heteroatoms. The van der Waals surface area contributed by atoms with Gasteiger partial charge < -0.3 is 28.8 Å². The number of nitrogens with zero attached hydrogens (tertiary/aromatic N) is 1. The number of hydrogen-bond donors (Lipinski definition) is 2. The van der Waals surface area contributed by atoms with Gasteiger partial charge in [-0.25, -0.2) is 0 Å². The number of amides is 1. The van der Waals surface area contributed by atoms with E-state index in [0.717, 1.165) is 103 Å². The molecule has 76 heavy (non-hydrogen) atoms. The predicted molar refractivity (Wildman–Crippen MR) is 329 cm³/mol. The van der Waals surface area contributed by atoms with Crippen LogP contribution in [-0.2, 0) is 18.4 Å². The van der Waals surface area contributed by atoms with Crippen molar-refractivity contribution in [1.82, 2.24) is 5.32 Å². The minimum Gasteiger partial charge on any atom is -0.756 e. The molecule has 438 valence electrons. The lowest BCUT2D eigenvalue weighted by Crippen LogP contribution is -2.45. The third-order valence-corrected chi connectivity index (χ3v) is 14.5. The zero-order valence-corrected chi connectivity index (χ0v) is 50.8. The predicted octanol–water partition coefficient (Wildman–Crippen LogP) is 18.9. The molecule has 0 aliphatic heterocycles. The lowest BCUT2D eigenvalue weighted by atomic mass is 10.0. The summed E-state index contributed by atoms with van der Waals surface area (Å²) in [6, 6.07) is -0.900. The van der Waals surface area contributed by atoms with E-state index in [0.29, 0.717) is 17.4 Å². The highest BCUT2D eigenvalue weighted by molar-refractivity contribution is 7.45. The van der Waals surface area contributed by atoms with Crippen molar-refractivity contribution in [2.24, 2.45) is 0 Å². The maximum atomic E-state index is 13.0. The van der Waals surface area contributed by atoms with E-state index in [-0.39, 0.29) is 19.1 Å². The number of aliphatic hydroxyl groups excluding tert-OH is 1. The van der Waals surface area contributed by atoms with Gasteiger partial charge in [0, 0.05) is 6.42 Å². The summed E-state index contributed by atoms with van der Waals surface area (Å²) in [4.78, 5) is 25.6. The molecule has 8 nitrogen and oxygen atoms in total. The Morgan fingerprint density at radius 1 is 0.474 bits per heavy atom. The molecule has 0 aliphatic rings. The van der Waals surface area contributed by atoms with Crippen molar-refractivity contribution in [3.63, 3.8) is 0 Å². The summed E-state index contributed by atoms with van der Waals surface area (Å²) >= 11 is 0. The molecule has 0 saturated heterocycles. The van der Waals surface area contributed by atoms with E-state index in [9.17, 15) is 19.4 Å². The van der Waals surface area contributed by atoms with Crippen LogP contribution in [-0.4, -0.2) is 68.5 Å². The van der Waals surface area contributed by atoms with Crippen molar-refractivity contribution in [2.45, 2.75) is 270 Å². The normalized spacial score (nSPS) is 14.6. The number of hydrogen-bond acceptors (Lipinski definition) is 6. The van der Waals surface area contributed by atoms with Gasteiger partial charge in [0.1, 0.15) is 13.2 Å². The molecule has 0 heterocycles. The average molecular weight is 1080 g/mol. The first-order chi connectivity index (χ1) is 37.0. The Hall–Kier alpha value is -2.84. The summed E-state index contributed by atoms with van der Waals surface area (Å²) in [5.41, 5.74) is 0. The molecule has 2 N–H and O–H groups in total. The Labute approximate surface area is 470 Å². The van der Waals surface area contributed by atoms with Crippen LogP contribution < -0.4 is 10.2 Å². The molecule has 0 spiro atoms. The van der Waals surface area contributed by atoms with Crippen molar-refractivity contribution >= 4 is 13.7 Å². The molecule has 0 saturated carbocycles. The van der Waals surface area contributed by atoms with Gasteiger partial charge in [-0.1, -0.05) is 277 Å². The number of quaternary nitrogens is 1. The zero-order valence-electron chi connectivity index (χ0n) is 49.9. The van der Waals surface area contributed by atoms with Crippen LogP contribution in [0.4, 0.5) is 0 Å². The maximum Gasteiger partial charge on any atom is 0.268 e. The van der Waals surface area contributed by atoms with Crippen molar-refractivity contribution in [1.29, 1.82) is 0 Å². The Kier molecular flexibility index (Phi) is 54.7. The second-order valence-electron chi connectivity index (χ2n) is 22.0. The molecule has 0 aliphatic carbocycles. The van der Waals surface area contributed by atoms with Gasteiger partial charge in [0.15, 0.2) is 0 Å². The van der Waals surface area contributed by atoms with Crippen LogP contribution in [0.5, 0.6) is 0 Å². The van der Waals surface area contributed by atoms with Gasteiger partial charge in [0.25, 0.3) is 7.82 Å². The minimum atomic E-state index is -4.61. The second kappa shape index (κ2) is 56.9. The van der Waals surface area contributed by atoms with E-state index in [2.05, 4.69) is 116 Å². The summed E-state index contributed by atoms with van der Waals surface area (Å²) in [6.07, 6.45) is 83.1. The van der Waals surface area contributed by atoms with Crippen LogP contribution in [0.25, 0.3) is 0 Å². The van der Waals surface area contributed by atoms with Gasteiger partial charge in [-0.15, -0.1) is 0 Å². The Morgan fingerprint density at radius 2 is 0.803 bits per heavy atom. The first-order valence-electron chi connectivity index (χ1n) is 31.2. The molecule has 1 amide bonds. The van der Waals surface area contributed by atoms with Crippen molar-refractivity contribution < 1.29 is 32.9 Å². The number of aliphatic hydroxyl groups is 1. The zero-order chi connectivity index (χ0) is 55.6. The van der Waals surface area contributed by atoms with Gasteiger partial charge >= 0.3 is 0 Å². The van der Waals surface area contributed by atoms with E-state index in [1.54, 1.807) is 6.08 Å². The van der Waals surface area contributed by atoms with Crippen LogP contribution in [0.2, 0.25) is 0 Å². The largest absolute Gasteiger partial charge is 0.756 e.